The molecule has 8 nitrogen and oxygen atoms in total. The van der Waals surface area contributed by atoms with Crippen molar-refractivity contribution in [1.29, 1.82) is 0 Å². The van der Waals surface area contributed by atoms with E-state index in [9.17, 15) is 9.59 Å². The number of aryl methyl sites for hydroxylation is 1. The monoisotopic (exact) mass is 507 g/mol. The molecule has 2 aromatic heterocycles. The molecule has 5 rings (SSSR count). The van der Waals surface area contributed by atoms with Crippen LogP contribution in [0.15, 0.2) is 72.8 Å². The lowest BCUT2D eigenvalue weighted by atomic mass is 10.00. The highest BCUT2D eigenvalue weighted by Crippen LogP contribution is 2.31. The molecule has 0 aliphatic rings. The molecule has 0 bridgehead atoms. The summed E-state index contributed by atoms with van der Waals surface area (Å²) < 4.78 is 7.36. The average molecular weight is 508 g/mol. The van der Waals surface area contributed by atoms with Crippen molar-refractivity contribution >= 4 is 45.2 Å². The summed E-state index contributed by atoms with van der Waals surface area (Å²) in [7, 11) is 5.25. The third kappa shape index (κ3) is 4.76. The molecule has 3 N–H and O–H groups in total. The highest BCUT2D eigenvalue weighted by atomic mass is 16.5. The third-order valence-electron chi connectivity index (χ3n) is 6.86. The normalized spacial score (nSPS) is 10.9. The second-order valence-corrected chi connectivity index (χ2v) is 9.11. The van der Waals surface area contributed by atoms with Gasteiger partial charge < -0.3 is 19.9 Å². The maximum Gasteiger partial charge on any atom is 0.324 e. The molecule has 192 valence electrons. The van der Waals surface area contributed by atoms with E-state index < -0.39 is 6.03 Å². The van der Waals surface area contributed by atoms with Crippen LogP contribution in [-0.4, -0.2) is 35.6 Å². The van der Waals surface area contributed by atoms with Crippen LogP contribution in [0.3, 0.4) is 0 Å². The Morgan fingerprint density at radius 2 is 1.74 bits per heavy atom. The van der Waals surface area contributed by atoms with Gasteiger partial charge in [-0.2, -0.15) is 0 Å². The SMILES string of the molecule is CNC(=O)c1ccc2nc(NC(=O)Nc3ccc(OC)cc3)c(Cc3c(C)n(C)c4ccccc34)cc2c1. The molecule has 0 aliphatic carbocycles. The van der Waals surface area contributed by atoms with Crippen molar-refractivity contribution in [3.8, 4) is 5.75 Å². The van der Waals surface area contributed by atoms with E-state index in [2.05, 4.69) is 46.6 Å². The number of methoxy groups -OCH3 is 1. The molecule has 0 radical (unpaired) electrons. The van der Waals surface area contributed by atoms with Crippen molar-refractivity contribution < 1.29 is 14.3 Å². The van der Waals surface area contributed by atoms with E-state index in [0.717, 1.165) is 33.1 Å². The molecular formula is C30H29N5O3. The summed E-state index contributed by atoms with van der Waals surface area (Å²) in [5.74, 6) is 0.999. The maximum absolute atomic E-state index is 13.0. The van der Waals surface area contributed by atoms with Gasteiger partial charge in [-0.05, 0) is 67.1 Å². The second-order valence-electron chi connectivity index (χ2n) is 9.11. The fourth-order valence-electron chi connectivity index (χ4n) is 4.71. The van der Waals surface area contributed by atoms with E-state index in [0.29, 0.717) is 34.8 Å². The number of carbonyl (C=O) groups is 2. The molecule has 0 spiro atoms. The first-order valence-corrected chi connectivity index (χ1v) is 12.3. The number of nitrogens with one attached hydrogen (secondary N) is 3. The Morgan fingerprint density at radius 1 is 0.974 bits per heavy atom. The topological polar surface area (TPSA) is 97.3 Å². The van der Waals surface area contributed by atoms with Crippen LogP contribution in [0, 0.1) is 6.92 Å². The molecule has 3 amide bonds. The van der Waals surface area contributed by atoms with Crippen LogP contribution in [0.2, 0.25) is 0 Å². The van der Waals surface area contributed by atoms with Gasteiger partial charge in [0.1, 0.15) is 11.6 Å². The van der Waals surface area contributed by atoms with Crippen molar-refractivity contribution in [2.45, 2.75) is 13.3 Å². The lowest BCUT2D eigenvalue weighted by Gasteiger charge is -2.14. The summed E-state index contributed by atoms with van der Waals surface area (Å²) in [5, 5.41) is 10.4. The van der Waals surface area contributed by atoms with Gasteiger partial charge in [-0.3, -0.25) is 10.1 Å². The predicted octanol–water partition coefficient (Wildman–Crippen LogP) is 5.64. The number of carbonyl (C=O) groups excluding carboxylic acids is 2. The van der Waals surface area contributed by atoms with Gasteiger partial charge in [-0.1, -0.05) is 18.2 Å². The zero-order chi connectivity index (χ0) is 26.8. The summed E-state index contributed by atoms with van der Waals surface area (Å²) in [6.07, 6.45) is 0.554. The summed E-state index contributed by atoms with van der Waals surface area (Å²) in [4.78, 5) is 30.0. The number of anilines is 2. The zero-order valence-corrected chi connectivity index (χ0v) is 21.8. The lowest BCUT2D eigenvalue weighted by molar-refractivity contribution is 0.0963. The van der Waals surface area contributed by atoms with Crippen LogP contribution in [0.1, 0.15) is 27.2 Å². The number of nitrogens with zero attached hydrogens (tertiary/aromatic N) is 2. The van der Waals surface area contributed by atoms with E-state index in [-0.39, 0.29) is 5.91 Å². The first-order valence-electron chi connectivity index (χ1n) is 12.3. The first kappa shape index (κ1) is 24.8. The molecule has 0 saturated carbocycles. The van der Waals surface area contributed by atoms with Crippen LogP contribution in [0.25, 0.3) is 21.8 Å². The van der Waals surface area contributed by atoms with Crippen molar-refractivity contribution in [2.24, 2.45) is 7.05 Å². The van der Waals surface area contributed by atoms with Crippen LogP contribution in [-0.2, 0) is 13.5 Å². The quantitative estimate of drug-likeness (QED) is 0.277. The van der Waals surface area contributed by atoms with Gasteiger partial charge in [0.05, 0.1) is 12.6 Å². The maximum atomic E-state index is 13.0. The van der Waals surface area contributed by atoms with Crippen LogP contribution < -0.4 is 20.7 Å². The molecule has 0 aliphatic heterocycles. The first-order chi connectivity index (χ1) is 18.4. The van der Waals surface area contributed by atoms with E-state index in [1.54, 1.807) is 50.6 Å². The smallest absolute Gasteiger partial charge is 0.324 e. The van der Waals surface area contributed by atoms with Gasteiger partial charge in [0.2, 0.25) is 0 Å². The van der Waals surface area contributed by atoms with Crippen molar-refractivity contribution in [1.82, 2.24) is 14.9 Å². The molecule has 2 heterocycles. The van der Waals surface area contributed by atoms with Crippen LogP contribution >= 0.6 is 0 Å². The molecule has 38 heavy (non-hydrogen) atoms. The molecule has 3 aromatic carbocycles. The van der Waals surface area contributed by atoms with Gasteiger partial charge in [-0.25, -0.2) is 9.78 Å². The Kier molecular flexibility index (Phi) is 6.70. The summed E-state index contributed by atoms with van der Waals surface area (Å²) in [6.45, 7) is 2.09. The standard InChI is InChI=1S/C30H29N5O3/c1-18-25(24-7-5-6-8-27(24)35(18)3)17-21-16-20-15-19(29(36)31-2)9-14-26(20)33-28(21)34-30(37)32-22-10-12-23(38-4)13-11-22/h5-16H,17H2,1-4H3,(H,31,36)(H2,32,33,34,37). The van der Waals surface area contributed by atoms with Crippen molar-refractivity contribution in [3.63, 3.8) is 0 Å². The van der Waals surface area contributed by atoms with Gasteiger partial charge in [-0.15, -0.1) is 0 Å². The number of ether oxygens (including phenoxy) is 1. The second kappa shape index (κ2) is 10.3. The number of rotatable bonds is 6. The van der Waals surface area contributed by atoms with Crippen LogP contribution in [0.4, 0.5) is 16.3 Å². The molecular weight excluding hydrogens is 478 g/mol. The molecule has 0 saturated heterocycles. The lowest BCUT2D eigenvalue weighted by Crippen LogP contribution is -2.21. The third-order valence-corrected chi connectivity index (χ3v) is 6.86. The summed E-state index contributed by atoms with van der Waals surface area (Å²) in [5.41, 5.74) is 6.14. The van der Waals surface area contributed by atoms with E-state index >= 15 is 0 Å². The van der Waals surface area contributed by atoms with Gasteiger partial charge in [0.25, 0.3) is 5.91 Å². The largest absolute Gasteiger partial charge is 0.497 e. The van der Waals surface area contributed by atoms with Crippen LogP contribution in [0.5, 0.6) is 5.75 Å². The minimum Gasteiger partial charge on any atom is -0.497 e. The summed E-state index contributed by atoms with van der Waals surface area (Å²) >= 11 is 0. The molecule has 5 aromatic rings. The van der Waals surface area contributed by atoms with E-state index in [1.807, 2.05) is 24.3 Å². The number of hydrogen-bond acceptors (Lipinski definition) is 4. The number of urea groups is 1. The Balaban J connectivity index is 1.55. The number of benzene rings is 3. The minimum atomic E-state index is -0.403. The Labute approximate surface area is 220 Å². The number of aromatic nitrogens is 2. The Morgan fingerprint density at radius 3 is 2.47 bits per heavy atom. The fourth-order valence-corrected chi connectivity index (χ4v) is 4.71. The van der Waals surface area contributed by atoms with Gasteiger partial charge in [0.15, 0.2) is 0 Å². The number of amides is 3. The Hall–Kier alpha value is -4.85. The average Bonchev–Trinajstić information content (AvgIpc) is 3.17. The zero-order valence-electron chi connectivity index (χ0n) is 21.8. The molecule has 0 unspecified atom stereocenters. The Bertz CT molecular complexity index is 1670. The number of para-hydroxylation sites is 1. The fraction of sp³-hybridized carbons (Fsp3) is 0.167. The summed E-state index contributed by atoms with van der Waals surface area (Å²) in [6, 6.07) is 22.3. The number of hydrogen-bond donors (Lipinski definition) is 3. The van der Waals surface area contributed by atoms with E-state index in [1.165, 1.54) is 0 Å². The van der Waals surface area contributed by atoms with Gasteiger partial charge in [0, 0.05) is 59.3 Å². The highest BCUT2D eigenvalue weighted by Gasteiger charge is 2.17. The number of pyridine rings is 1. The molecule has 0 fully saturated rings. The molecule has 8 heteroatoms. The van der Waals surface area contributed by atoms with Crippen molar-refractivity contribution in [2.75, 3.05) is 24.8 Å². The highest BCUT2D eigenvalue weighted by molar-refractivity contribution is 6.02. The number of fused-ring (bicyclic) bond motifs is 2. The predicted molar refractivity (Wildman–Crippen MR) is 151 cm³/mol. The van der Waals surface area contributed by atoms with Gasteiger partial charge >= 0.3 is 6.03 Å². The molecule has 0 atom stereocenters. The van der Waals surface area contributed by atoms with Crippen molar-refractivity contribution in [3.05, 3.63) is 95.2 Å². The minimum absolute atomic E-state index is 0.167. The van der Waals surface area contributed by atoms with E-state index in [4.69, 9.17) is 9.72 Å².